The fraction of sp³-hybridized carbons (Fsp3) is 0.417. The lowest BCUT2D eigenvalue weighted by molar-refractivity contribution is -0.143. The fourth-order valence-corrected chi connectivity index (χ4v) is 4.37. The van der Waals surface area contributed by atoms with E-state index >= 15 is 0 Å². The van der Waals surface area contributed by atoms with Crippen molar-refractivity contribution in [3.8, 4) is 11.3 Å². The highest BCUT2D eigenvalue weighted by molar-refractivity contribution is 5.88. The molecular weight excluding hydrogens is 456 g/mol. The van der Waals surface area contributed by atoms with Crippen molar-refractivity contribution in [3.05, 3.63) is 42.7 Å². The number of nitrogens with one attached hydrogen (secondary N) is 2. The first kappa shape index (κ1) is 23.3. The van der Waals surface area contributed by atoms with Gasteiger partial charge >= 0.3 is 6.43 Å². The van der Waals surface area contributed by atoms with Crippen LogP contribution in [0, 0.1) is 0 Å². The molecule has 1 aromatic carbocycles. The van der Waals surface area contributed by atoms with Gasteiger partial charge in [0.1, 0.15) is 5.52 Å². The number of piperazine rings is 1. The summed E-state index contributed by atoms with van der Waals surface area (Å²) in [7, 11) is 0. The van der Waals surface area contributed by atoms with Crippen LogP contribution in [0.5, 0.6) is 0 Å². The number of hydrogen-bond donors (Lipinski definition) is 2. The van der Waals surface area contributed by atoms with Crippen molar-refractivity contribution >= 4 is 28.4 Å². The van der Waals surface area contributed by atoms with Crippen LogP contribution in [0.3, 0.4) is 0 Å². The Kier molecular flexibility index (Phi) is 6.96. The summed E-state index contributed by atoms with van der Waals surface area (Å²) in [5.74, 6) is -0.440. The molecule has 2 saturated heterocycles. The number of halogens is 2. The number of amides is 1. The molecule has 4 heterocycles. The first-order chi connectivity index (χ1) is 17.1. The van der Waals surface area contributed by atoms with Crippen molar-refractivity contribution in [3.63, 3.8) is 0 Å². The predicted molar refractivity (Wildman–Crippen MR) is 129 cm³/mol. The zero-order valence-electron chi connectivity index (χ0n) is 19.2. The number of fused-ring (bicyclic) bond motifs is 1. The molecule has 2 aromatic heterocycles. The highest BCUT2D eigenvalue weighted by Gasteiger charge is 2.27. The molecule has 0 aliphatic carbocycles. The van der Waals surface area contributed by atoms with Crippen LogP contribution < -0.4 is 15.5 Å². The monoisotopic (exact) mass is 483 g/mol. The number of hydrogen-bond acceptors (Lipinski definition) is 8. The summed E-state index contributed by atoms with van der Waals surface area (Å²) in [6, 6.07) is 9.84. The molecule has 0 spiro atoms. The van der Waals surface area contributed by atoms with Gasteiger partial charge in [-0.3, -0.25) is 9.78 Å². The molecule has 2 aliphatic heterocycles. The van der Waals surface area contributed by atoms with E-state index in [0.717, 1.165) is 35.6 Å². The van der Waals surface area contributed by atoms with E-state index in [9.17, 15) is 13.6 Å². The molecule has 184 valence electrons. The van der Waals surface area contributed by atoms with Crippen molar-refractivity contribution < 1.29 is 18.3 Å². The quantitative estimate of drug-likeness (QED) is 0.550. The van der Waals surface area contributed by atoms with E-state index < -0.39 is 12.3 Å². The highest BCUT2D eigenvalue weighted by Crippen LogP contribution is 2.27. The van der Waals surface area contributed by atoms with E-state index in [2.05, 4.69) is 25.5 Å². The molecule has 35 heavy (non-hydrogen) atoms. The maximum atomic E-state index is 12.7. The average molecular weight is 484 g/mol. The van der Waals surface area contributed by atoms with Crippen molar-refractivity contribution in [1.82, 2.24) is 25.2 Å². The van der Waals surface area contributed by atoms with Crippen LogP contribution in [0.25, 0.3) is 22.3 Å². The molecule has 1 atom stereocenters. The van der Waals surface area contributed by atoms with Crippen LogP contribution in [0.15, 0.2) is 42.7 Å². The summed E-state index contributed by atoms with van der Waals surface area (Å²) >= 11 is 0. The largest absolute Gasteiger partial charge is 0.374 e. The van der Waals surface area contributed by atoms with E-state index in [-0.39, 0.29) is 19.2 Å². The van der Waals surface area contributed by atoms with Crippen LogP contribution in [-0.4, -0.2) is 90.7 Å². The molecular formula is C24H27F2N7O2. The summed E-state index contributed by atoms with van der Waals surface area (Å²) in [6.45, 7) is 4.51. The Labute approximate surface area is 201 Å². The molecule has 1 unspecified atom stereocenters. The van der Waals surface area contributed by atoms with Gasteiger partial charge in [-0.15, -0.1) is 0 Å². The Hall–Kier alpha value is -3.44. The van der Waals surface area contributed by atoms with Crippen LogP contribution in [-0.2, 0) is 9.53 Å². The van der Waals surface area contributed by atoms with Crippen LogP contribution in [0.4, 0.5) is 20.3 Å². The number of nitrogens with zero attached hydrogens (tertiary/aromatic N) is 5. The molecule has 2 aliphatic rings. The van der Waals surface area contributed by atoms with Gasteiger partial charge in [-0.05, 0) is 18.2 Å². The van der Waals surface area contributed by atoms with Gasteiger partial charge in [-0.1, -0.05) is 12.1 Å². The topological polar surface area (TPSA) is 95.5 Å². The van der Waals surface area contributed by atoms with Gasteiger partial charge in [-0.2, -0.15) is 8.78 Å². The molecule has 2 N–H and O–H groups in total. The third-order valence-electron chi connectivity index (χ3n) is 6.26. The number of alkyl halides is 2. The number of ether oxygens (including phenoxy) is 1. The fourth-order valence-electron chi connectivity index (χ4n) is 4.37. The molecule has 2 fully saturated rings. The number of carbonyl (C=O) groups is 1. The maximum Gasteiger partial charge on any atom is 0.315 e. The number of benzene rings is 1. The van der Waals surface area contributed by atoms with Crippen LogP contribution in [0.1, 0.15) is 0 Å². The Bertz CT molecular complexity index is 1160. The zero-order chi connectivity index (χ0) is 24.2. The number of pyridine rings is 1. The lowest BCUT2D eigenvalue weighted by Crippen LogP contribution is -2.50. The van der Waals surface area contributed by atoms with Crippen LogP contribution >= 0.6 is 0 Å². The standard InChI is InChI=1S/C24H27F2N7O2/c25-22(26)24(34)33-10-8-32(9-11-33)17-3-1-16(2-4-17)19-13-20-21(29-6-5-28-20)23(31-19)30-15-18-14-27-7-12-35-18/h1-6,13,18,22,27H,7-12,14-15H2,(H,30,31). The average Bonchev–Trinajstić information content (AvgIpc) is 2.92. The lowest BCUT2D eigenvalue weighted by Gasteiger charge is -2.36. The summed E-state index contributed by atoms with van der Waals surface area (Å²) in [4.78, 5) is 28.6. The third kappa shape index (κ3) is 5.30. The zero-order valence-corrected chi connectivity index (χ0v) is 19.2. The molecule has 0 bridgehead atoms. The second kappa shape index (κ2) is 10.4. The van der Waals surface area contributed by atoms with E-state index in [1.165, 1.54) is 4.90 Å². The van der Waals surface area contributed by atoms with Crippen molar-refractivity contribution in [1.29, 1.82) is 0 Å². The second-order valence-corrected chi connectivity index (χ2v) is 8.52. The minimum Gasteiger partial charge on any atom is -0.374 e. The normalized spacial score (nSPS) is 18.8. The van der Waals surface area contributed by atoms with E-state index in [0.29, 0.717) is 37.6 Å². The van der Waals surface area contributed by atoms with Gasteiger partial charge in [-0.25, -0.2) is 9.97 Å². The van der Waals surface area contributed by atoms with Gasteiger partial charge < -0.3 is 25.2 Å². The van der Waals surface area contributed by atoms with Gasteiger partial charge in [0.05, 0.1) is 23.9 Å². The molecule has 5 rings (SSSR count). The third-order valence-corrected chi connectivity index (χ3v) is 6.26. The molecule has 1 amide bonds. The Balaban J connectivity index is 1.31. The summed E-state index contributed by atoms with van der Waals surface area (Å²) in [5.41, 5.74) is 4.10. The van der Waals surface area contributed by atoms with Gasteiger partial charge in [0, 0.05) is 69.5 Å². The minimum absolute atomic E-state index is 0.0525. The van der Waals surface area contributed by atoms with Crippen molar-refractivity contribution in [2.45, 2.75) is 12.5 Å². The summed E-state index contributed by atoms with van der Waals surface area (Å²) < 4.78 is 31.1. The lowest BCUT2D eigenvalue weighted by atomic mass is 10.1. The SMILES string of the molecule is O=C(C(F)F)N1CCN(c2ccc(-c3cc4nccnc4c(NCC4CNCCO4)n3)cc2)CC1. The number of aromatic nitrogens is 3. The summed E-state index contributed by atoms with van der Waals surface area (Å²) in [5, 5.41) is 6.70. The van der Waals surface area contributed by atoms with E-state index in [1.54, 1.807) is 12.4 Å². The molecule has 9 nitrogen and oxygen atoms in total. The predicted octanol–water partition coefficient (Wildman–Crippen LogP) is 2.01. The Morgan fingerprint density at radius 1 is 1.14 bits per heavy atom. The minimum atomic E-state index is -2.95. The molecule has 3 aromatic rings. The van der Waals surface area contributed by atoms with Gasteiger partial charge in [0.15, 0.2) is 5.82 Å². The molecule has 0 radical (unpaired) electrons. The number of anilines is 2. The summed E-state index contributed by atoms with van der Waals surface area (Å²) in [6.07, 6.45) is 0.408. The Morgan fingerprint density at radius 3 is 2.63 bits per heavy atom. The number of carbonyl (C=O) groups excluding carboxylic acids is 1. The molecule has 0 saturated carbocycles. The van der Waals surface area contributed by atoms with Crippen molar-refractivity contribution in [2.24, 2.45) is 0 Å². The smallest absolute Gasteiger partial charge is 0.315 e. The van der Waals surface area contributed by atoms with Crippen molar-refractivity contribution in [2.75, 3.05) is 62.6 Å². The highest BCUT2D eigenvalue weighted by atomic mass is 19.3. The maximum absolute atomic E-state index is 12.7. The Morgan fingerprint density at radius 2 is 1.91 bits per heavy atom. The first-order valence-electron chi connectivity index (χ1n) is 11.7. The van der Waals surface area contributed by atoms with Gasteiger partial charge in [0.25, 0.3) is 5.91 Å². The first-order valence-corrected chi connectivity index (χ1v) is 11.7. The number of morpholine rings is 1. The number of rotatable bonds is 6. The van der Waals surface area contributed by atoms with E-state index in [1.807, 2.05) is 30.3 Å². The van der Waals surface area contributed by atoms with E-state index in [4.69, 9.17) is 9.72 Å². The van der Waals surface area contributed by atoms with Gasteiger partial charge in [0.2, 0.25) is 0 Å². The van der Waals surface area contributed by atoms with Crippen LogP contribution in [0.2, 0.25) is 0 Å². The second-order valence-electron chi connectivity index (χ2n) is 8.52. The molecule has 11 heteroatoms.